The smallest absolute Gasteiger partial charge is 0.325 e. The Bertz CT molecular complexity index is 935. The van der Waals surface area contributed by atoms with Crippen molar-refractivity contribution in [2.24, 2.45) is 0 Å². The zero-order valence-electron chi connectivity index (χ0n) is 14.3. The van der Waals surface area contributed by atoms with Crippen LogP contribution in [0, 0.1) is 15.9 Å². The molecule has 2 aromatic rings. The third-order valence-corrected chi connectivity index (χ3v) is 3.54. The van der Waals surface area contributed by atoms with E-state index in [1.54, 1.807) is 18.2 Å². The summed E-state index contributed by atoms with van der Waals surface area (Å²) in [7, 11) is 0. The van der Waals surface area contributed by atoms with Gasteiger partial charge in [0.2, 0.25) is 0 Å². The van der Waals surface area contributed by atoms with E-state index in [0.29, 0.717) is 36.5 Å². The molecule has 1 heterocycles. The molecule has 0 saturated carbocycles. The first-order chi connectivity index (χ1) is 13.4. The van der Waals surface area contributed by atoms with Gasteiger partial charge in [-0.05, 0) is 18.2 Å². The predicted octanol–water partition coefficient (Wildman–Crippen LogP) is 2.23. The molecule has 0 atom stereocenters. The highest BCUT2D eigenvalue weighted by molar-refractivity contribution is 6.01. The van der Waals surface area contributed by atoms with Crippen molar-refractivity contribution in [3.63, 3.8) is 0 Å². The zero-order valence-corrected chi connectivity index (χ0v) is 14.3. The van der Waals surface area contributed by atoms with E-state index in [2.05, 4.69) is 5.32 Å². The van der Waals surface area contributed by atoms with E-state index in [0.717, 1.165) is 12.1 Å². The maximum Gasteiger partial charge on any atom is 0.325 e. The number of urea groups is 1. The van der Waals surface area contributed by atoms with Crippen LogP contribution in [0.3, 0.4) is 0 Å². The molecule has 0 fully saturated rings. The van der Waals surface area contributed by atoms with Gasteiger partial charge in [0.1, 0.15) is 13.2 Å². The number of non-ortho nitro benzene ring substituents is 1. The fourth-order valence-corrected chi connectivity index (χ4v) is 2.31. The minimum atomic E-state index is -0.997. The maximum atomic E-state index is 13.7. The summed E-state index contributed by atoms with van der Waals surface area (Å²) in [5, 5.41) is 15.0. The molecule has 28 heavy (non-hydrogen) atoms. The molecule has 0 aliphatic carbocycles. The summed E-state index contributed by atoms with van der Waals surface area (Å²) < 4.78 is 29.4. The number of nitro benzene ring substituents is 1. The molecule has 0 aromatic heterocycles. The van der Waals surface area contributed by atoms with Gasteiger partial charge < -0.3 is 19.5 Å². The largest absolute Gasteiger partial charge is 0.486 e. The second-order valence-corrected chi connectivity index (χ2v) is 5.52. The molecule has 146 valence electrons. The molecule has 2 N–H and O–H groups in total. The number of carbonyl (C=O) groups excluding carboxylic acids is 2. The highest BCUT2D eigenvalue weighted by Gasteiger charge is 2.15. The Hall–Kier alpha value is -3.89. The van der Waals surface area contributed by atoms with Gasteiger partial charge in [-0.25, -0.2) is 9.18 Å². The molecule has 1 aliphatic heterocycles. The van der Waals surface area contributed by atoms with Crippen LogP contribution >= 0.6 is 0 Å². The summed E-state index contributed by atoms with van der Waals surface area (Å²) in [4.78, 5) is 33.4. The SMILES string of the molecule is O=C(COc1ccc([N+](=O)[O-])cc1F)NC(=O)Nc1ccc2c(c1)OCCO2. The summed E-state index contributed by atoms with van der Waals surface area (Å²) in [6.07, 6.45) is 0. The average Bonchev–Trinajstić information content (AvgIpc) is 2.66. The lowest BCUT2D eigenvalue weighted by Gasteiger charge is -2.19. The normalized spacial score (nSPS) is 12.0. The lowest BCUT2D eigenvalue weighted by molar-refractivity contribution is -0.385. The van der Waals surface area contributed by atoms with Crippen LogP contribution in [0.2, 0.25) is 0 Å². The molecule has 0 unspecified atom stereocenters. The molecular weight excluding hydrogens is 377 g/mol. The zero-order chi connectivity index (χ0) is 20.1. The first-order valence-electron chi connectivity index (χ1n) is 7.99. The van der Waals surface area contributed by atoms with Crippen LogP contribution in [0.1, 0.15) is 0 Å². The van der Waals surface area contributed by atoms with Gasteiger partial charge in [0.05, 0.1) is 11.0 Å². The summed E-state index contributed by atoms with van der Waals surface area (Å²) >= 11 is 0. The minimum absolute atomic E-state index is 0.354. The third kappa shape index (κ3) is 4.63. The lowest BCUT2D eigenvalue weighted by Crippen LogP contribution is -2.37. The van der Waals surface area contributed by atoms with Gasteiger partial charge in [0.25, 0.3) is 11.6 Å². The highest BCUT2D eigenvalue weighted by Crippen LogP contribution is 2.32. The highest BCUT2D eigenvalue weighted by atomic mass is 19.1. The number of fused-ring (bicyclic) bond motifs is 1. The van der Waals surface area contributed by atoms with Crippen LogP contribution < -0.4 is 24.8 Å². The van der Waals surface area contributed by atoms with Crippen LogP contribution in [0.5, 0.6) is 17.2 Å². The summed E-state index contributed by atoms with van der Waals surface area (Å²) in [5.41, 5.74) is -0.0787. The number of anilines is 1. The average molecular weight is 391 g/mol. The monoisotopic (exact) mass is 391 g/mol. The number of hydrogen-bond donors (Lipinski definition) is 2. The van der Waals surface area contributed by atoms with E-state index >= 15 is 0 Å². The predicted molar refractivity (Wildman–Crippen MR) is 93.1 cm³/mol. The van der Waals surface area contributed by atoms with Crippen molar-refractivity contribution in [3.8, 4) is 17.2 Å². The maximum absolute atomic E-state index is 13.7. The second-order valence-electron chi connectivity index (χ2n) is 5.52. The molecular formula is C17H14FN3O7. The molecule has 0 radical (unpaired) electrons. The van der Waals surface area contributed by atoms with Crippen molar-refractivity contribution in [2.45, 2.75) is 0 Å². The first-order valence-corrected chi connectivity index (χ1v) is 7.99. The van der Waals surface area contributed by atoms with Gasteiger partial charge in [-0.3, -0.25) is 20.2 Å². The Morgan fingerprint density at radius 2 is 1.89 bits per heavy atom. The van der Waals surface area contributed by atoms with Crippen molar-refractivity contribution in [3.05, 3.63) is 52.3 Å². The van der Waals surface area contributed by atoms with Crippen molar-refractivity contribution in [1.29, 1.82) is 0 Å². The number of nitrogens with zero attached hydrogens (tertiary/aromatic N) is 1. The fourth-order valence-electron chi connectivity index (χ4n) is 2.31. The molecule has 3 amide bonds. The number of amides is 3. The molecule has 2 aromatic carbocycles. The number of nitro groups is 1. The van der Waals surface area contributed by atoms with Gasteiger partial charge in [-0.1, -0.05) is 0 Å². The number of nitrogens with one attached hydrogen (secondary N) is 2. The fraction of sp³-hybridized carbons (Fsp3) is 0.176. The molecule has 3 rings (SSSR count). The van der Waals surface area contributed by atoms with E-state index in [1.807, 2.05) is 5.32 Å². The lowest BCUT2D eigenvalue weighted by atomic mass is 10.2. The number of hydrogen-bond acceptors (Lipinski definition) is 7. The van der Waals surface area contributed by atoms with Crippen LogP contribution in [0.4, 0.5) is 20.6 Å². The molecule has 11 heteroatoms. The van der Waals surface area contributed by atoms with E-state index < -0.39 is 35.0 Å². The quantitative estimate of drug-likeness (QED) is 0.591. The Balaban J connectivity index is 1.51. The Labute approximate surface area is 157 Å². The topological polar surface area (TPSA) is 129 Å². The number of carbonyl (C=O) groups is 2. The van der Waals surface area contributed by atoms with Gasteiger partial charge in [0.15, 0.2) is 29.7 Å². The van der Waals surface area contributed by atoms with Gasteiger partial charge >= 0.3 is 6.03 Å². The van der Waals surface area contributed by atoms with E-state index in [1.165, 1.54) is 0 Å². The van der Waals surface area contributed by atoms with Crippen LogP contribution in [-0.4, -0.2) is 36.7 Å². The van der Waals surface area contributed by atoms with Crippen LogP contribution in [-0.2, 0) is 4.79 Å². The van der Waals surface area contributed by atoms with Crippen LogP contribution in [0.15, 0.2) is 36.4 Å². The number of benzene rings is 2. The second kappa shape index (κ2) is 8.20. The summed E-state index contributed by atoms with van der Waals surface area (Å²) in [6, 6.07) is 6.63. The minimum Gasteiger partial charge on any atom is -0.486 e. The van der Waals surface area contributed by atoms with E-state index in [-0.39, 0.29) is 5.75 Å². The van der Waals surface area contributed by atoms with E-state index in [4.69, 9.17) is 14.2 Å². The van der Waals surface area contributed by atoms with Gasteiger partial charge in [-0.15, -0.1) is 0 Å². The molecule has 0 spiro atoms. The van der Waals surface area contributed by atoms with Gasteiger partial charge in [0, 0.05) is 17.8 Å². The number of halogens is 1. The first kappa shape index (κ1) is 18.9. The number of ether oxygens (including phenoxy) is 3. The Kier molecular flexibility index (Phi) is 5.53. The van der Waals surface area contributed by atoms with Crippen LogP contribution in [0.25, 0.3) is 0 Å². The number of rotatable bonds is 5. The molecule has 0 saturated heterocycles. The van der Waals surface area contributed by atoms with Crippen molar-refractivity contribution < 1.29 is 33.1 Å². The third-order valence-electron chi connectivity index (χ3n) is 3.54. The van der Waals surface area contributed by atoms with E-state index in [9.17, 15) is 24.1 Å². The molecule has 0 bridgehead atoms. The molecule has 1 aliphatic rings. The van der Waals surface area contributed by atoms with Gasteiger partial charge in [-0.2, -0.15) is 0 Å². The molecule has 10 nitrogen and oxygen atoms in total. The van der Waals surface area contributed by atoms with Crippen molar-refractivity contribution >= 4 is 23.3 Å². The van der Waals surface area contributed by atoms with Crippen molar-refractivity contribution in [1.82, 2.24) is 5.32 Å². The van der Waals surface area contributed by atoms with Crippen molar-refractivity contribution in [2.75, 3.05) is 25.1 Å². The summed E-state index contributed by atoms with van der Waals surface area (Å²) in [6.45, 7) is 0.158. The standard InChI is InChI=1S/C17H14FN3O7/c18-12-8-11(21(24)25)2-4-13(12)28-9-16(22)20-17(23)19-10-1-3-14-15(7-10)27-6-5-26-14/h1-4,7-8H,5-6,9H2,(H2,19,20,22,23). The Morgan fingerprint density at radius 3 is 2.61 bits per heavy atom. The summed E-state index contributed by atoms with van der Waals surface area (Å²) in [5.74, 6) is -1.18. The Morgan fingerprint density at radius 1 is 1.14 bits per heavy atom. The number of imide groups is 1.